The van der Waals surface area contributed by atoms with Gasteiger partial charge < -0.3 is 14.5 Å². The molecule has 3 aromatic carbocycles. The molecule has 0 fully saturated rings. The second-order valence-electron chi connectivity index (χ2n) is 7.55. The summed E-state index contributed by atoms with van der Waals surface area (Å²) in [6.07, 6.45) is 1.00. The van der Waals surface area contributed by atoms with Gasteiger partial charge in [0.25, 0.3) is 0 Å². The molecular weight excluding hydrogens is 386 g/mol. The third kappa shape index (κ3) is 5.86. The zero-order valence-corrected chi connectivity index (χ0v) is 18.2. The molecule has 0 aliphatic carbocycles. The number of benzene rings is 3. The molecule has 0 unspecified atom stereocenters. The molecule has 0 radical (unpaired) electrons. The molecule has 0 aliphatic heterocycles. The van der Waals surface area contributed by atoms with E-state index in [2.05, 4.69) is 30.3 Å². The fourth-order valence-corrected chi connectivity index (χ4v) is 3.30. The summed E-state index contributed by atoms with van der Waals surface area (Å²) in [5, 5.41) is 8.95. The van der Waals surface area contributed by atoms with Crippen LogP contribution in [0.1, 0.15) is 23.1 Å². The Bertz CT molecular complexity index is 1030. The van der Waals surface area contributed by atoms with Gasteiger partial charge in [-0.3, -0.25) is 4.79 Å². The number of carbonyl (C=O) groups is 1. The number of nitrogens with zero attached hydrogens (tertiary/aromatic N) is 3. The molecule has 0 aliphatic rings. The molecule has 0 N–H and O–H groups in total. The first-order valence-electron chi connectivity index (χ1n) is 10.2. The van der Waals surface area contributed by atoms with E-state index < -0.39 is 0 Å². The van der Waals surface area contributed by atoms with E-state index in [0.29, 0.717) is 24.9 Å². The van der Waals surface area contributed by atoms with Crippen molar-refractivity contribution >= 4 is 17.3 Å². The Morgan fingerprint density at radius 1 is 0.871 bits per heavy atom. The molecule has 1 amide bonds. The fraction of sp³-hybridized carbons (Fsp3) is 0.231. The summed E-state index contributed by atoms with van der Waals surface area (Å²) in [4.78, 5) is 17.1. The molecule has 0 aromatic heterocycles. The Morgan fingerprint density at radius 2 is 1.45 bits per heavy atom. The molecule has 158 valence electrons. The van der Waals surface area contributed by atoms with Gasteiger partial charge in [0, 0.05) is 31.9 Å². The van der Waals surface area contributed by atoms with Crippen molar-refractivity contribution in [2.24, 2.45) is 0 Å². The lowest BCUT2D eigenvalue weighted by molar-refractivity contribution is -0.118. The van der Waals surface area contributed by atoms with Crippen LogP contribution in [0.25, 0.3) is 0 Å². The number of carbonyl (C=O) groups excluding carboxylic acids is 1. The highest BCUT2D eigenvalue weighted by Crippen LogP contribution is 2.23. The Kier molecular flexibility index (Phi) is 7.29. The quantitative estimate of drug-likeness (QED) is 0.532. The predicted molar refractivity (Wildman–Crippen MR) is 124 cm³/mol. The van der Waals surface area contributed by atoms with E-state index in [1.54, 1.807) is 19.2 Å². The summed E-state index contributed by atoms with van der Waals surface area (Å²) < 4.78 is 5.26. The van der Waals surface area contributed by atoms with Crippen LogP contribution in [-0.4, -0.2) is 27.1 Å². The van der Waals surface area contributed by atoms with E-state index in [9.17, 15) is 4.79 Å². The number of nitriles is 1. The molecular formula is C26H27N3O2. The second kappa shape index (κ2) is 10.3. The topological polar surface area (TPSA) is 56.6 Å². The molecule has 5 nitrogen and oxygen atoms in total. The minimum absolute atomic E-state index is 0.0474. The maximum atomic E-state index is 13.2. The number of hydrogen-bond donors (Lipinski definition) is 0. The molecule has 0 saturated heterocycles. The zero-order valence-electron chi connectivity index (χ0n) is 18.2. The third-order valence-corrected chi connectivity index (χ3v) is 5.19. The van der Waals surface area contributed by atoms with Crippen molar-refractivity contribution in [2.75, 3.05) is 31.0 Å². The SMILES string of the molecule is COc1ccc(N(Cc2ccc(N(C)C)cc2)C(=O)CCc2ccc(C#N)cc2)cc1. The van der Waals surface area contributed by atoms with Crippen molar-refractivity contribution in [3.63, 3.8) is 0 Å². The minimum atomic E-state index is 0.0474. The van der Waals surface area contributed by atoms with Crippen LogP contribution in [0.4, 0.5) is 11.4 Å². The van der Waals surface area contributed by atoms with E-state index in [0.717, 1.165) is 28.3 Å². The van der Waals surface area contributed by atoms with Crippen LogP contribution in [0.2, 0.25) is 0 Å². The van der Waals surface area contributed by atoms with Crippen LogP contribution >= 0.6 is 0 Å². The molecule has 3 aromatic rings. The lowest BCUT2D eigenvalue weighted by Gasteiger charge is -2.24. The number of anilines is 2. The van der Waals surface area contributed by atoms with Crippen LogP contribution < -0.4 is 14.5 Å². The third-order valence-electron chi connectivity index (χ3n) is 5.19. The summed E-state index contributed by atoms with van der Waals surface area (Å²) in [6.45, 7) is 0.492. The average Bonchev–Trinajstić information content (AvgIpc) is 2.81. The van der Waals surface area contributed by atoms with Gasteiger partial charge in [0.15, 0.2) is 0 Å². The normalized spacial score (nSPS) is 10.3. The second-order valence-corrected chi connectivity index (χ2v) is 7.55. The van der Waals surface area contributed by atoms with Crippen molar-refractivity contribution in [1.29, 1.82) is 5.26 Å². The van der Waals surface area contributed by atoms with Gasteiger partial charge in [-0.05, 0) is 66.1 Å². The highest BCUT2D eigenvalue weighted by atomic mass is 16.5. The average molecular weight is 414 g/mol. The maximum Gasteiger partial charge on any atom is 0.227 e. The monoisotopic (exact) mass is 413 g/mol. The number of ether oxygens (including phenoxy) is 1. The molecule has 31 heavy (non-hydrogen) atoms. The first-order chi connectivity index (χ1) is 15.0. The fourth-order valence-electron chi connectivity index (χ4n) is 3.30. The summed E-state index contributed by atoms with van der Waals surface area (Å²) in [7, 11) is 5.64. The zero-order chi connectivity index (χ0) is 22.2. The number of aryl methyl sites for hydroxylation is 1. The standard InChI is InChI=1S/C26H27N3O2/c1-28(2)23-11-8-22(9-12-23)19-29(24-13-15-25(31-3)16-14-24)26(30)17-10-20-4-6-21(18-27)7-5-20/h4-9,11-16H,10,17,19H2,1-3H3. The lowest BCUT2D eigenvalue weighted by Crippen LogP contribution is -2.30. The van der Waals surface area contributed by atoms with E-state index in [1.807, 2.05) is 60.3 Å². The van der Waals surface area contributed by atoms with Gasteiger partial charge in [0.05, 0.1) is 25.3 Å². The van der Waals surface area contributed by atoms with E-state index in [4.69, 9.17) is 10.00 Å². The summed E-state index contributed by atoms with van der Waals surface area (Å²) in [5.41, 5.74) is 4.68. The molecule has 0 atom stereocenters. The van der Waals surface area contributed by atoms with Gasteiger partial charge in [0.1, 0.15) is 5.75 Å². The largest absolute Gasteiger partial charge is 0.497 e. The van der Waals surface area contributed by atoms with E-state index >= 15 is 0 Å². The molecule has 3 rings (SSSR count). The Hall–Kier alpha value is -3.78. The molecule has 0 saturated carbocycles. The lowest BCUT2D eigenvalue weighted by atomic mass is 10.1. The Balaban J connectivity index is 1.78. The van der Waals surface area contributed by atoms with Gasteiger partial charge in [-0.25, -0.2) is 0 Å². The smallest absolute Gasteiger partial charge is 0.227 e. The van der Waals surface area contributed by atoms with Crippen LogP contribution in [0.15, 0.2) is 72.8 Å². The van der Waals surface area contributed by atoms with Crippen molar-refractivity contribution in [2.45, 2.75) is 19.4 Å². The summed E-state index contributed by atoms with van der Waals surface area (Å²) in [5.74, 6) is 0.801. The van der Waals surface area contributed by atoms with Gasteiger partial charge in [-0.2, -0.15) is 5.26 Å². The Labute approximate surface area is 184 Å². The van der Waals surface area contributed by atoms with Crippen LogP contribution in [-0.2, 0) is 17.8 Å². The van der Waals surface area contributed by atoms with Crippen LogP contribution in [0.3, 0.4) is 0 Å². The first-order valence-corrected chi connectivity index (χ1v) is 10.2. The number of methoxy groups -OCH3 is 1. The predicted octanol–water partition coefficient (Wildman–Crippen LogP) is 4.80. The summed E-state index contributed by atoms with van der Waals surface area (Å²) in [6, 6.07) is 25.3. The van der Waals surface area contributed by atoms with Gasteiger partial charge >= 0.3 is 0 Å². The molecule has 0 bridgehead atoms. The van der Waals surface area contributed by atoms with Crippen molar-refractivity contribution in [1.82, 2.24) is 0 Å². The first kappa shape index (κ1) is 21.9. The molecule has 0 heterocycles. The van der Waals surface area contributed by atoms with Crippen molar-refractivity contribution < 1.29 is 9.53 Å². The van der Waals surface area contributed by atoms with Crippen LogP contribution in [0.5, 0.6) is 5.75 Å². The van der Waals surface area contributed by atoms with Crippen LogP contribution in [0, 0.1) is 11.3 Å². The number of amides is 1. The maximum absolute atomic E-state index is 13.2. The van der Waals surface area contributed by atoms with Gasteiger partial charge in [-0.15, -0.1) is 0 Å². The van der Waals surface area contributed by atoms with Gasteiger partial charge in [0.2, 0.25) is 5.91 Å². The number of rotatable bonds is 8. The number of hydrogen-bond acceptors (Lipinski definition) is 4. The van der Waals surface area contributed by atoms with Crippen molar-refractivity contribution in [3.8, 4) is 11.8 Å². The molecule has 5 heteroatoms. The molecule has 0 spiro atoms. The Morgan fingerprint density at radius 3 is 2.00 bits per heavy atom. The van der Waals surface area contributed by atoms with E-state index in [1.165, 1.54) is 0 Å². The van der Waals surface area contributed by atoms with E-state index in [-0.39, 0.29) is 5.91 Å². The summed E-state index contributed by atoms with van der Waals surface area (Å²) >= 11 is 0. The highest BCUT2D eigenvalue weighted by molar-refractivity contribution is 5.93. The van der Waals surface area contributed by atoms with Crippen molar-refractivity contribution in [3.05, 3.63) is 89.5 Å². The minimum Gasteiger partial charge on any atom is -0.497 e. The highest BCUT2D eigenvalue weighted by Gasteiger charge is 2.17. The van der Waals surface area contributed by atoms with Gasteiger partial charge in [-0.1, -0.05) is 24.3 Å².